The highest BCUT2D eigenvalue weighted by atomic mass is 16.4. The molecule has 0 aromatic carbocycles. The van der Waals surface area contributed by atoms with Gasteiger partial charge in [0.05, 0.1) is 0 Å². The first-order chi connectivity index (χ1) is 5.81. The second-order valence-electron chi connectivity index (χ2n) is 3.46. The summed E-state index contributed by atoms with van der Waals surface area (Å²) in [7, 11) is 0. The number of fused-ring (bicyclic) bond motifs is 4. The minimum Gasteiger partial charge on any atom is -0.411 e. The average Bonchev–Trinajstić information content (AvgIpc) is 2.36. The zero-order valence-electron chi connectivity index (χ0n) is 6.86. The molecule has 12 heavy (non-hydrogen) atoms. The van der Waals surface area contributed by atoms with Gasteiger partial charge in [-0.1, -0.05) is 5.16 Å². The van der Waals surface area contributed by atoms with Crippen molar-refractivity contribution in [2.75, 3.05) is 19.6 Å². The van der Waals surface area contributed by atoms with Crippen LogP contribution in [0.3, 0.4) is 0 Å². The summed E-state index contributed by atoms with van der Waals surface area (Å²) in [6.45, 7) is 2.47. The maximum atomic E-state index is 11.5. The van der Waals surface area contributed by atoms with Crippen LogP contribution >= 0.6 is 0 Å². The quantitative estimate of drug-likeness (QED) is 0.412. The zero-order chi connectivity index (χ0) is 8.55. The summed E-state index contributed by atoms with van der Waals surface area (Å²) < 4.78 is 0. The van der Waals surface area contributed by atoms with Gasteiger partial charge in [0, 0.05) is 12.5 Å². The highest BCUT2D eigenvalue weighted by Crippen LogP contribution is 2.22. The Hall–Kier alpha value is -0.900. The highest BCUT2D eigenvalue weighted by molar-refractivity contribution is 6.41. The van der Waals surface area contributed by atoms with Gasteiger partial charge in [0.1, 0.15) is 5.71 Å². The first-order valence-corrected chi connectivity index (χ1v) is 4.29. The molecule has 0 aromatic heterocycles. The Morgan fingerprint density at radius 3 is 2.67 bits per heavy atom. The minimum absolute atomic E-state index is 0.0532. The number of oxime groups is 1. The molecule has 0 unspecified atom stereocenters. The SMILES string of the molecule is O=C1C(=NO)CN2CCC1CC2. The average molecular weight is 168 g/mol. The molecule has 3 heterocycles. The van der Waals surface area contributed by atoms with Crippen molar-refractivity contribution >= 4 is 11.5 Å². The van der Waals surface area contributed by atoms with E-state index in [1.807, 2.05) is 0 Å². The van der Waals surface area contributed by atoms with Gasteiger partial charge in [0.2, 0.25) is 0 Å². The lowest BCUT2D eigenvalue weighted by Crippen LogP contribution is -2.31. The number of hydrogen-bond donors (Lipinski definition) is 1. The van der Waals surface area contributed by atoms with Crippen molar-refractivity contribution < 1.29 is 10.0 Å². The molecule has 0 saturated carbocycles. The molecule has 4 nitrogen and oxygen atoms in total. The number of piperidine rings is 1. The molecule has 0 aliphatic carbocycles. The number of carbonyl (C=O) groups is 1. The number of hydrogen-bond acceptors (Lipinski definition) is 4. The molecular formula is C8H12N2O2. The summed E-state index contributed by atoms with van der Waals surface area (Å²) in [6.07, 6.45) is 1.86. The topological polar surface area (TPSA) is 52.9 Å². The van der Waals surface area contributed by atoms with Crippen LogP contribution in [0.5, 0.6) is 0 Å². The number of carbonyl (C=O) groups excluding carboxylic acids is 1. The molecule has 0 spiro atoms. The van der Waals surface area contributed by atoms with E-state index in [9.17, 15) is 4.79 Å². The van der Waals surface area contributed by atoms with E-state index in [4.69, 9.17) is 5.21 Å². The van der Waals surface area contributed by atoms with Gasteiger partial charge in [-0.25, -0.2) is 0 Å². The minimum atomic E-state index is 0.0532. The summed E-state index contributed by atoms with van der Waals surface area (Å²) in [6, 6.07) is 0. The second kappa shape index (κ2) is 2.86. The molecule has 4 heteroatoms. The maximum absolute atomic E-state index is 11.5. The van der Waals surface area contributed by atoms with E-state index in [1.54, 1.807) is 0 Å². The number of nitrogens with zero attached hydrogens (tertiary/aromatic N) is 2. The highest BCUT2D eigenvalue weighted by Gasteiger charge is 2.33. The lowest BCUT2D eigenvalue weighted by Gasteiger charge is -2.24. The fraction of sp³-hybridized carbons (Fsp3) is 0.750. The number of rotatable bonds is 0. The molecule has 1 N–H and O–H groups in total. The van der Waals surface area contributed by atoms with Crippen molar-refractivity contribution in [3.63, 3.8) is 0 Å². The van der Waals surface area contributed by atoms with Gasteiger partial charge in [-0.05, 0) is 25.9 Å². The van der Waals surface area contributed by atoms with Gasteiger partial charge in [-0.2, -0.15) is 0 Å². The van der Waals surface area contributed by atoms with Crippen molar-refractivity contribution in [3.05, 3.63) is 0 Å². The molecule has 2 bridgehead atoms. The summed E-state index contributed by atoms with van der Waals surface area (Å²) in [4.78, 5) is 13.7. The monoisotopic (exact) mass is 168 g/mol. The molecule has 3 aliphatic heterocycles. The molecule has 3 saturated heterocycles. The molecule has 66 valence electrons. The second-order valence-corrected chi connectivity index (χ2v) is 3.46. The van der Waals surface area contributed by atoms with E-state index in [0.29, 0.717) is 12.3 Å². The number of Topliss-reactive ketones (excluding diaryl/α,β-unsaturated/α-hetero) is 1. The summed E-state index contributed by atoms with van der Waals surface area (Å²) in [5.41, 5.74) is 0.343. The predicted molar refractivity (Wildman–Crippen MR) is 43.4 cm³/mol. The van der Waals surface area contributed by atoms with Gasteiger partial charge in [-0.15, -0.1) is 0 Å². The Bertz CT molecular complexity index is 229. The predicted octanol–water partition coefficient (Wildman–Crippen LogP) is 0.111. The van der Waals surface area contributed by atoms with E-state index in [0.717, 1.165) is 25.9 Å². The third-order valence-corrected chi connectivity index (χ3v) is 2.74. The zero-order valence-corrected chi connectivity index (χ0v) is 6.86. The van der Waals surface area contributed by atoms with E-state index in [1.165, 1.54) is 0 Å². The van der Waals surface area contributed by atoms with Crippen molar-refractivity contribution in [1.29, 1.82) is 0 Å². The van der Waals surface area contributed by atoms with Crippen LogP contribution < -0.4 is 0 Å². The Morgan fingerprint density at radius 1 is 1.42 bits per heavy atom. The van der Waals surface area contributed by atoms with Crippen LogP contribution in [0.15, 0.2) is 5.16 Å². The van der Waals surface area contributed by atoms with Gasteiger partial charge < -0.3 is 5.21 Å². The fourth-order valence-corrected chi connectivity index (χ4v) is 1.96. The lowest BCUT2D eigenvalue weighted by atomic mass is 9.94. The Balaban J connectivity index is 2.27. The molecule has 3 fully saturated rings. The van der Waals surface area contributed by atoms with E-state index in [-0.39, 0.29) is 11.7 Å². The smallest absolute Gasteiger partial charge is 0.184 e. The van der Waals surface area contributed by atoms with Crippen molar-refractivity contribution in [2.24, 2.45) is 11.1 Å². The summed E-state index contributed by atoms with van der Waals surface area (Å²) in [5, 5.41) is 11.6. The Kier molecular flexibility index (Phi) is 1.84. The number of ketones is 1. The molecule has 0 radical (unpaired) electrons. The van der Waals surface area contributed by atoms with Gasteiger partial charge in [-0.3, -0.25) is 9.69 Å². The summed E-state index contributed by atoms with van der Waals surface area (Å²) >= 11 is 0. The van der Waals surface area contributed by atoms with Crippen LogP contribution in [0.2, 0.25) is 0 Å². The van der Waals surface area contributed by atoms with Crippen molar-refractivity contribution in [1.82, 2.24) is 4.90 Å². The van der Waals surface area contributed by atoms with E-state index >= 15 is 0 Å². The van der Waals surface area contributed by atoms with Crippen molar-refractivity contribution in [2.45, 2.75) is 12.8 Å². The van der Waals surface area contributed by atoms with Crippen LogP contribution in [0.25, 0.3) is 0 Å². The largest absolute Gasteiger partial charge is 0.411 e. The van der Waals surface area contributed by atoms with Crippen LogP contribution in [0.1, 0.15) is 12.8 Å². The molecule has 0 atom stereocenters. The van der Waals surface area contributed by atoms with Crippen LogP contribution in [0.4, 0.5) is 0 Å². The Labute approximate surface area is 70.8 Å². The van der Waals surface area contributed by atoms with Crippen LogP contribution in [-0.2, 0) is 4.79 Å². The fourth-order valence-electron chi connectivity index (χ4n) is 1.96. The standard InChI is InChI=1S/C8H12N2O2/c11-8-6-1-3-10(4-2-6)5-7(8)9-12/h6,12H,1-5H2. The molecule has 0 aromatic rings. The first kappa shape index (κ1) is 7.73. The molecule has 3 aliphatic rings. The molecule has 3 rings (SSSR count). The van der Waals surface area contributed by atoms with Gasteiger partial charge in [0.25, 0.3) is 0 Å². The maximum Gasteiger partial charge on any atom is 0.184 e. The van der Waals surface area contributed by atoms with Gasteiger partial charge >= 0.3 is 0 Å². The van der Waals surface area contributed by atoms with Crippen molar-refractivity contribution in [3.8, 4) is 0 Å². The van der Waals surface area contributed by atoms with E-state index < -0.39 is 0 Å². The van der Waals surface area contributed by atoms with Gasteiger partial charge in [0.15, 0.2) is 5.78 Å². The molecule has 0 amide bonds. The van der Waals surface area contributed by atoms with Crippen LogP contribution in [-0.4, -0.2) is 41.2 Å². The first-order valence-electron chi connectivity index (χ1n) is 4.29. The lowest BCUT2D eigenvalue weighted by molar-refractivity contribution is -0.117. The normalized spacial score (nSPS) is 38.7. The molecular weight excluding hydrogens is 156 g/mol. The summed E-state index contributed by atoms with van der Waals surface area (Å²) in [5.74, 6) is 0.173. The third-order valence-electron chi connectivity index (χ3n) is 2.74. The third kappa shape index (κ3) is 1.12. The Morgan fingerprint density at radius 2 is 2.08 bits per heavy atom. The van der Waals surface area contributed by atoms with Crippen LogP contribution in [0, 0.1) is 5.92 Å². The van der Waals surface area contributed by atoms with E-state index in [2.05, 4.69) is 10.1 Å².